The molecule has 6 nitrogen and oxygen atoms in total. The van der Waals surface area contributed by atoms with Crippen LogP contribution < -0.4 is 4.90 Å². The summed E-state index contributed by atoms with van der Waals surface area (Å²) >= 11 is 0.877. The van der Waals surface area contributed by atoms with E-state index >= 15 is 0 Å². The predicted octanol–water partition coefficient (Wildman–Crippen LogP) is 2.90. The maximum Gasteiger partial charge on any atom is 0.414 e. The fraction of sp³-hybridized carbons (Fsp3) is 0.700. The highest BCUT2D eigenvalue weighted by Gasteiger charge is 2.31. The molecule has 1 aromatic heterocycles. The third-order valence-corrected chi connectivity index (χ3v) is 2.88. The SMILES string of the molecule is CC(C)(C)N(C(=O)O)c1nnc(COCC(F)(F)F)s1. The third kappa shape index (κ3) is 4.93. The molecule has 20 heavy (non-hydrogen) atoms. The number of ether oxygens (including phenoxy) is 1. The molecule has 10 heteroatoms. The molecule has 0 radical (unpaired) electrons. The molecule has 0 bridgehead atoms. The Morgan fingerprint density at radius 2 is 1.95 bits per heavy atom. The van der Waals surface area contributed by atoms with Gasteiger partial charge < -0.3 is 9.84 Å². The molecular weight excluding hydrogens is 299 g/mol. The summed E-state index contributed by atoms with van der Waals surface area (Å²) in [5.41, 5.74) is -0.741. The number of aromatic nitrogens is 2. The number of nitrogens with zero attached hydrogens (tertiary/aromatic N) is 3. The Labute approximate surface area is 117 Å². The number of hydrogen-bond acceptors (Lipinski definition) is 5. The van der Waals surface area contributed by atoms with Crippen molar-refractivity contribution in [3.05, 3.63) is 5.01 Å². The Hall–Kier alpha value is -1.42. The highest BCUT2D eigenvalue weighted by molar-refractivity contribution is 7.15. The molecule has 0 unspecified atom stereocenters. The molecule has 0 aliphatic heterocycles. The summed E-state index contributed by atoms with van der Waals surface area (Å²) in [5.74, 6) is 0. The van der Waals surface area contributed by atoms with Crippen LogP contribution in [0.25, 0.3) is 0 Å². The van der Waals surface area contributed by atoms with Crippen molar-refractivity contribution in [3.63, 3.8) is 0 Å². The summed E-state index contributed by atoms with van der Waals surface area (Å²) in [6, 6.07) is 0. The molecule has 0 aromatic carbocycles. The van der Waals surface area contributed by atoms with Gasteiger partial charge in [-0.2, -0.15) is 13.2 Å². The largest absolute Gasteiger partial charge is 0.465 e. The Morgan fingerprint density at radius 1 is 1.35 bits per heavy atom. The summed E-state index contributed by atoms with van der Waals surface area (Å²) in [4.78, 5) is 12.2. The second-order valence-electron chi connectivity index (χ2n) is 4.88. The van der Waals surface area contributed by atoms with E-state index in [4.69, 9.17) is 5.11 Å². The van der Waals surface area contributed by atoms with E-state index in [1.807, 2.05) is 0 Å². The fourth-order valence-electron chi connectivity index (χ4n) is 1.30. The number of carbonyl (C=O) groups is 1. The Balaban J connectivity index is 2.73. The standard InChI is InChI=1S/C10H14F3N3O3S/c1-9(2,3)16(8(17)18)7-15-14-6(20-7)4-19-5-10(11,12)13/h4-5H2,1-3H3,(H,17,18). The van der Waals surface area contributed by atoms with Gasteiger partial charge in [-0.25, -0.2) is 9.69 Å². The number of halogens is 3. The van der Waals surface area contributed by atoms with Crippen LogP contribution in [0.1, 0.15) is 25.8 Å². The molecule has 1 rings (SSSR count). The number of anilines is 1. The lowest BCUT2D eigenvalue weighted by molar-refractivity contribution is -0.176. The Kier molecular flexibility index (Phi) is 4.92. The van der Waals surface area contributed by atoms with Gasteiger partial charge in [0.2, 0.25) is 5.13 Å². The monoisotopic (exact) mass is 313 g/mol. The summed E-state index contributed by atoms with van der Waals surface area (Å²) in [6.07, 6.45) is -5.62. The van der Waals surface area contributed by atoms with Gasteiger partial charge in [-0.3, -0.25) is 0 Å². The molecule has 0 fully saturated rings. The van der Waals surface area contributed by atoms with E-state index < -0.39 is 24.4 Å². The van der Waals surface area contributed by atoms with Crippen molar-refractivity contribution < 1.29 is 27.8 Å². The molecule has 0 saturated heterocycles. The summed E-state index contributed by atoms with van der Waals surface area (Å²) in [5, 5.41) is 16.7. The van der Waals surface area contributed by atoms with Gasteiger partial charge in [0.15, 0.2) is 0 Å². The van der Waals surface area contributed by atoms with E-state index in [-0.39, 0.29) is 16.7 Å². The maximum atomic E-state index is 11.9. The van der Waals surface area contributed by atoms with Crippen LogP contribution in [0.4, 0.5) is 23.1 Å². The first-order valence-corrected chi connectivity index (χ1v) is 6.32. The molecule has 0 aliphatic carbocycles. The average Bonchev–Trinajstić information content (AvgIpc) is 2.61. The van der Waals surface area contributed by atoms with Gasteiger partial charge in [-0.15, -0.1) is 10.2 Å². The first-order valence-electron chi connectivity index (χ1n) is 5.51. The quantitative estimate of drug-likeness (QED) is 0.925. The molecule has 1 aromatic rings. The normalized spacial score (nSPS) is 12.5. The molecular formula is C10H14F3N3O3S. The Bertz CT molecular complexity index is 470. The lowest BCUT2D eigenvalue weighted by atomic mass is 10.1. The van der Waals surface area contributed by atoms with E-state index in [0.29, 0.717) is 0 Å². The van der Waals surface area contributed by atoms with Crippen LogP contribution in [-0.4, -0.2) is 39.7 Å². The zero-order valence-electron chi connectivity index (χ0n) is 11.1. The summed E-state index contributed by atoms with van der Waals surface area (Å²) < 4.78 is 40.2. The maximum absolute atomic E-state index is 11.9. The van der Waals surface area contributed by atoms with Crippen molar-refractivity contribution in [3.8, 4) is 0 Å². The van der Waals surface area contributed by atoms with Crippen LogP contribution in [-0.2, 0) is 11.3 Å². The number of carboxylic acid groups (broad SMARTS) is 1. The van der Waals surface area contributed by atoms with Crippen LogP contribution in [0.3, 0.4) is 0 Å². The van der Waals surface area contributed by atoms with Gasteiger partial charge in [0.1, 0.15) is 18.2 Å². The molecule has 0 saturated carbocycles. The van der Waals surface area contributed by atoms with E-state index in [9.17, 15) is 18.0 Å². The first kappa shape index (κ1) is 16.6. The third-order valence-electron chi connectivity index (χ3n) is 2.00. The van der Waals surface area contributed by atoms with Crippen molar-refractivity contribution in [2.75, 3.05) is 11.5 Å². The van der Waals surface area contributed by atoms with E-state index in [1.54, 1.807) is 20.8 Å². The van der Waals surface area contributed by atoms with Crippen molar-refractivity contribution >= 4 is 22.6 Å². The van der Waals surface area contributed by atoms with E-state index in [2.05, 4.69) is 14.9 Å². The van der Waals surface area contributed by atoms with Crippen LogP contribution in [0, 0.1) is 0 Å². The zero-order chi connectivity index (χ0) is 15.6. The number of hydrogen-bond donors (Lipinski definition) is 1. The van der Waals surface area contributed by atoms with Crippen LogP contribution >= 0.6 is 11.3 Å². The Morgan fingerprint density at radius 3 is 2.40 bits per heavy atom. The van der Waals surface area contributed by atoms with Gasteiger partial charge in [0, 0.05) is 5.54 Å². The molecule has 1 N–H and O–H groups in total. The molecule has 1 amide bonds. The minimum absolute atomic E-state index is 0.0932. The zero-order valence-corrected chi connectivity index (χ0v) is 11.9. The lowest BCUT2D eigenvalue weighted by Crippen LogP contribution is -2.45. The van der Waals surface area contributed by atoms with E-state index in [1.165, 1.54) is 0 Å². The van der Waals surface area contributed by atoms with Crippen molar-refractivity contribution in [1.82, 2.24) is 10.2 Å². The van der Waals surface area contributed by atoms with Crippen LogP contribution in [0.5, 0.6) is 0 Å². The molecule has 0 atom stereocenters. The van der Waals surface area contributed by atoms with Crippen LogP contribution in [0.2, 0.25) is 0 Å². The van der Waals surface area contributed by atoms with Gasteiger partial charge in [-0.1, -0.05) is 11.3 Å². The van der Waals surface area contributed by atoms with Gasteiger partial charge >= 0.3 is 12.3 Å². The van der Waals surface area contributed by atoms with Gasteiger partial charge in [0.05, 0.1) is 0 Å². The summed E-state index contributed by atoms with van der Waals surface area (Å²) in [7, 11) is 0. The second-order valence-corrected chi connectivity index (χ2v) is 5.92. The number of alkyl halides is 3. The van der Waals surface area contributed by atoms with E-state index in [0.717, 1.165) is 16.2 Å². The number of amides is 1. The molecule has 114 valence electrons. The lowest BCUT2D eigenvalue weighted by Gasteiger charge is -2.30. The molecule has 1 heterocycles. The molecule has 0 spiro atoms. The highest BCUT2D eigenvalue weighted by atomic mass is 32.1. The van der Waals surface area contributed by atoms with Crippen LogP contribution in [0.15, 0.2) is 0 Å². The topological polar surface area (TPSA) is 75.6 Å². The number of rotatable bonds is 4. The minimum atomic E-state index is -4.41. The fourth-order valence-corrected chi connectivity index (χ4v) is 2.26. The van der Waals surface area contributed by atoms with Gasteiger partial charge in [0.25, 0.3) is 0 Å². The highest BCUT2D eigenvalue weighted by Crippen LogP contribution is 2.28. The van der Waals surface area contributed by atoms with Crippen molar-refractivity contribution in [2.45, 2.75) is 39.1 Å². The summed E-state index contributed by atoms with van der Waals surface area (Å²) in [6.45, 7) is 3.26. The predicted molar refractivity (Wildman–Crippen MR) is 65.9 cm³/mol. The minimum Gasteiger partial charge on any atom is -0.465 e. The van der Waals surface area contributed by atoms with Gasteiger partial charge in [-0.05, 0) is 20.8 Å². The smallest absolute Gasteiger partial charge is 0.414 e. The average molecular weight is 313 g/mol. The van der Waals surface area contributed by atoms with Crippen molar-refractivity contribution in [1.29, 1.82) is 0 Å². The van der Waals surface area contributed by atoms with Crippen molar-refractivity contribution in [2.24, 2.45) is 0 Å². The second kappa shape index (κ2) is 5.92. The molecule has 0 aliphatic rings. The first-order chi connectivity index (χ1) is 9.00.